The molecule has 6 nitrogen and oxygen atoms in total. The Kier molecular flexibility index (Phi) is 4.94. The second-order valence-electron chi connectivity index (χ2n) is 5.66. The van der Waals surface area contributed by atoms with Gasteiger partial charge >= 0.3 is 0 Å². The van der Waals surface area contributed by atoms with E-state index in [0.29, 0.717) is 26.2 Å². The quantitative estimate of drug-likeness (QED) is 0.781. The van der Waals surface area contributed by atoms with E-state index in [-0.39, 0.29) is 29.6 Å². The van der Waals surface area contributed by atoms with Gasteiger partial charge in [0.25, 0.3) is 0 Å². The van der Waals surface area contributed by atoms with Crippen LogP contribution in [0.25, 0.3) is 0 Å². The van der Waals surface area contributed by atoms with Crippen LogP contribution in [0.4, 0.5) is 0 Å². The maximum absolute atomic E-state index is 12.3. The van der Waals surface area contributed by atoms with Gasteiger partial charge in [0.15, 0.2) is 0 Å². The second-order valence-corrected chi connectivity index (χ2v) is 7.88. The maximum atomic E-state index is 12.3. The highest BCUT2D eigenvalue weighted by Crippen LogP contribution is 2.32. The highest BCUT2D eigenvalue weighted by atomic mass is 35.5. The molecule has 3 rings (SSSR count). The van der Waals surface area contributed by atoms with Crippen LogP contribution in [0.2, 0.25) is 0 Å². The number of sulfonamides is 1. The first-order chi connectivity index (χ1) is 9.09. The Bertz CT molecular complexity index is 467. The molecular formula is C12H22ClN3O3S. The van der Waals surface area contributed by atoms with Crippen molar-refractivity contribution in [2.24, 2.45) is 0 Å². The van der Waals surface area contributed by atoms with Gasteiger partial charge in [-0.05, 0) is 25.7 Å². The van der Waals surface area contributed by atoms with Crippen LogP contribution in [-0.4, -0.2) is 67.5 Å². The van der Waals surface area contributed by atoms with E-state index in [0.717, 1.165) is 32.2 Å². The number of hydrogen-bond acceptors (Lipinski definition) is 4. The average Bonchev–Trinajstić information content (AvgIpc) is 3.24. The summed E-state index contributed by atoms with van der Waals surface area (Å²) in [4.78, 5) is 13.8. The predicted octanol–water partition coefficient (Wildman–Crippen LogP) is -0.203. The minimum atomic E-state index is -3.10. The SMILES string of the molecule is Cl.O=C1CNCCN1C1CCCN(S(=O)(=O)C2CC2)C1. The van der Waals surface area contributed by atoms with Crippen LogP contribution in [0.1, 0.15) is 25.7 Å². The Labute approximate surface area is 126 Å². The highest BCUT2D eigenvalue weighted by molar-refractivity contribution is 7.90. The molecule has 3 aliphatic rings. The summed E-state index contributed by atoms with van der Waals surface area (Å²) in [6.45, 7) is 2.99. The number of hydrogen-bond donors (Lipinski definition) is 1. The highest BCUT2D eigenvalue weighted by Gasteiger charge is 2.42. The number of nitrogens with one attached hydrogen (secondary N) is 1. The smallest absolute Gasteiger partial charge is 0.236 e. The molecule has 8 heteroatoms. The van der Waals surface area contributed by atoms with Crippen molar-refractivity contribution < 1.29 is 13.2 Å². The summed E-state index contributed by atoms with van der Waals surface area (Å²) in [6, 6.07) is 0.0666. The minimum Gasteiger partial charge on any atom is -0.336 e. The zero-order chi connectivity index (χ0) is 13.5. The number of carbonyl (C=O) groups is 1. The third-order valence-electron chi connectivity index (χ3n) is 4.23. The summed E-state index contributed by atoms with van der Waals surface area (Å²) in [5, 5.41) is 2.90. The van der Waals surface area contributed by atoms with Gasteiger partial charge < -0.3 is 10.2 Å². The number of carbonyl (C=O) groups excluding carboxylic acids is 1. The fourth-order valence-corrected chi connectivity index (χ4v) is 4.91. The van der Waals surface area contributed by atoms with Gasteiger partial charge in [0.2, 0.25) is 15.9 Å². The topological polar surface area (TPSA) is 69.7 Å². The van der Waals surface area contributed by atoms with E-state index in [9.17, 15) is 13.2 Å². The number of rotatable bonds is 3. The van der Waals surface area contributed by atoms with Gasteiger partial charge in [-0.3, -0.25) is 4.79 Å². The standard InChI is InChI=1S/C12H21N3O3S.ClH/c16-12-8-13-5-7-15(12)10-2-1-6-14(9-10)19(17,18)11-3-4-11;/h10-11,13H,1-9H2;1H. The molecule has 0 spiro atoms. The van der Waals surface area contributed by atoms with Crippen LogP contribution in [0, 0.1) is 0 Å². The van der Waals surface area contributed by atoms with Crippen LogP contribution in [0.3, 0.4) is 0 Å². The molecule has 1 aliphatic carbocycles. The lowest BCUT2D eigenvalue weighted by atomic mass is 10.1. The average molecular weight is 324 g/mol. The summed E-state index contributed by atoms with van der Waals surface area (Å²) in [5.41, 5.74) is 0. The molecule has 3 fully saturated rings. The molecule has 1 unspecified atom stereocenters. The summed E-state index contributed by atoms with van der Waals surface area (Å²) >= 11 is 0. The maximum Gasteiger partial charge on any atom is 0.236 e. The Balaban J connectivity index is 0.00000147. The molecule has 20 heavy (non-hydrogen) atoms. The molecule has 1 N–H and O–H groups in total. The lowest BCUT2D eigenvalue weighted by Crippen LogP contribution is -2.57. The first-order valence-corrected chi connectivity index (χ1v) is 8.58. The van der Waals surface area contributed by atoms with Crippen molar-refractivity contribution in [1.82, 2.24) is 14.5 Å². The van der Waals surface area contributed by atoms with Gasteiger partial charge in [0, 0.05) is 32.2 Å². The number of amides is 1. The monoisotopic (exact) mass is 323 g/mol. The van der Waals surface area contributed by atoms with E-state index in [2.05, 4.69) is 5.32 Å². The van der Waals surface area contributed by atoms with Crippen LogP contribution in [0.5, 0.6) is 0 Å². The van der Waals surface area contributed by atoms with Crippen molar-refractivity contribution in [2.45, 2.75) is 37.0 Å². The van der Waals surface area contributed by atoms with E-state index in [4.69, 9.17) is 0 Å². The molecule has 1 saturated carbocycles. The molecule has 1 amide bonds. The van der Waals surface area contributed by atoms with E-state index in [1.165, 1.54) is 0 Å². The molecule has 2 heterocycles. The number of piperazine rings is 1. The van der Waals surface area contributed by atoms with Crippen LogP contribution in [0.15, 0.2) is 0 Å². The van der Waals surface area contributed by atoms with Crippen molar-refractivity contribution in [3.8, 4) is 0 Å². The Morgan fingerprint density at radius 1 is 1.15 bits per heavy atom. The first kappa shape index (κ1) is 16.0. The van der Waals surface area contributed by atoms with Gasteiger partial charge in [-0.25, -0.2) is 8.42 Å². The van der Waals surface area contributed by atoms with Crippen LogP contribution < -0.4 is 5.32 Å². The molecule has 0 aromatic carbocycles. The third-order valence-corrected chi connectivity index (χ3v) is 6.60. The Hall–Kier alpha value is -0.370. The molecule has 0 bridgehead atoms. The van der Waals surface area contributed by atoms with Crippen molar-refractivity contribution in [1.29, 1.82) is 0 Å². The molecule has 2 saturated heterocycles. The van der Waals surface area contributed by atoms with Gasteiger partial charge in [0.05, 0.1) is 11.8 Å². The molecule has 1 atom stereocenters. The summed E-state index contributed by atoms with van der Waals surface area (Å²) in [5.74, 6) is 0.0990. The van der Waals surface area contributed by atoms with Crippen molar-refractivity contribution >= 4 is 28.3 Å². The summed E-state index contributed by atoms with van der Waals surface area (Å²) < 4.78 is 26.2. The first-order valence-electron chi connectivity index (χ1n) is 7.08. The number of nitrogens with zero attached hydrogens (tertiary/aromatic N) is 2. The molecule has 116 valence electrons. The van der Waals surface area contributed by atoms with Crippen LogP contribution >= 0.6 is 12.4 Å². The fraction of sp³-hybridized carbons (Fsp3) is 0.917. The van der Waals surface area contributed by atoms with Gasteiger partial charge in [-0.15, -0.1) is 12.4 Å². The lowest BCUT2D eigenvalue weighted by Gasteiger charge is -2.40. The number of piperidine rings is 1. The zero-order valence-corrected chi connectivity index (χ0v) is 13.1. The predicted molar refractivity (Wildman–Crippen MR) is 78.4 cm³/mol. The van der Waals surface area contributed by atoms with E-state index in [1.807, 2.05) is 4.90 Å². The van der Waals surface area contributed by atoms with E-state index >= 15 is 0 Å². The third kappa shape index (κ3) is 3.10. The molecule has 0 aromatic heterocycles. The summed E-state index contributed by atoms with van der Waals surface area (Å²) in [7, 11) is -3.10. The summed E-state index contributed by atoms with van der Waals surface area (Å²) in [6.07, 6.45) is 3.38. The second kappa shape index (κ2) is 6.17. The Morgan fingerprint density at radius 2 is 1.90 bits per heavy atom. The van der Waals surface area contributed by atoms with Gasteiger partial charge in [-0.1, -0.05) is 0 Å². The fourth-order valence-electron chi connectivity index (χ4n) is 2.99. The van der Waals surface area contributed by atoms with Crippen molar-refractivity contribution in [3.05, 3.63) is 0 Å². The van der Waals surface area contributed by atoms with Gasteiger partial charge in [0.1, 0.15) is 0 Å². The number of halogens is 1. The van der Waals surface area contributed by atoms with Crippen LogP contribution in [-0.2, 0) is 14.8 Å². The van der Waals surface area contributed by atoms with Crippen molar-refractivity contribution in [3.63, 3.8) is 0 Å². The van der Waals surface area contributed by atoms with E-state index in [1.54, 1.807) is 4.31 Å². The Morgan fingerprint density at radius 3 is 2.55 bits per heavy atom. The zero-order valence-electron chi connectivity index (χ0n) is 11.5. The van der Waals surface area contributed by atoms with E-state index < -0.39 is 10.0 Å². The van der Waals surface area contributed by atoms with Gasteiger partial charge in [-0.2, -0.15) is 4.31 Å². The molecule has 0 radical (unpaired) electrons. The molecule has 2 aliphatic heterocycles. The minimum absolute atomic E-state index is 0. The molecular weight excluding hydrogens is 302 g/mol. The van der Waals surface area contributed by atoms with Crippen molar-refractivity contribution in [2.75, 3.05) is 32.7 Å². The normalized spacial score (nSPS) is 29.1. The lowest BCUT2D eigenvalue weighted by molar-refractivity contribution is -0.135. The largest absolute Gasteiger partial charge is 0.336 e. The molecule has 0 aromatic rings.